The summed E-state index contributed by atoms with van der Waals surface area (Å²) in [7, 11) is 0. The molecule has 0 spiro atoms. The van der Waals surface area contributed by atoms with E-state index in [0.29, 0.717) is 22.9 Å². The summed E-state index contributed by atoms with van der Waals surface area (Å²) in [6.07, 6.45) is 1.44. The van der Waals surface area contributed by atoms with Crippen molar-refractivity contribution in [2.45, 2.75) is 9.79 Å². The van der Waals surface area contributed by atoms with Gasteiger partial charge in [0.1, 0.15) is 18.0 Å². The molecule has 2 aromatic heterocycles. The largest absolute Gasteiger partial charge is 0.340 e. The molecule has 0 aliphatic heterocycles. The first-order chi connectivity index (χ1) is 14.7. The minimum Gasteiger partial charge on any atom is -0.340 e. The Balaban J connectivity index is 1.43. The molecule has 0 atom stereocenters. The zero-order valence-electron chi connectivity index (χ0n) is 15.7. The molecule has 5 rings (SSSR count). The van der Waals surface area contributed by atoms with Crippen LogP contribution in [0.15, 0.2) is 101 Å². The molecule has 7 heteroatoms. The molecule has 1 N–H and O–H groups in total. The molecule has 0 bridgehead atoms. The molecule has 30 heavy (non-hydrogen) atoms. The summed E-state index contributed by atoms with van der Waals surface area (Å²) in [5, 5.41) is 7.52. The zero-order valence-corrected chi connectivity index (χ0v) is 16.6. The van der Waals surface area contributed by atoms with E-state index >= 15 is 0 Å². The van der Waals surface area contributed by atoms with Gasteiger partial charge in [0.15, 0.2) is 0 Å². The smallest absolute Gasteiger partial charge is 0.254 e. The second kappa shape index (κ2) is 7.96. The number of nitrogens with one attached hydrogen (secondary N) is 1. The molecule has 0 aliphatic carbocycles. The van der Waals surface area contributed by atoms with Crippen LogP contribution in [-0.4, -0.2) is 19.6 Å². The van der Waals surface area contributed by atoms with Gasteiger partial charge >= 0.3 is 0 Å². The number of benzene rings is 3. The van der Waals surface area contributed by atoms with Crippen LogP contribution in [0, 0.1) is 5.82 Å². The lowest BCUT2D eigenvalue weighted by molar-refractivity contribution is 0.628. The van der Waals surface area contributed by atoms with Crippen LogP contribution in [0.1, 0.15) is 0 Å². The summed E-state index contributed by atoms with van der Waals surface area (Å²) < 4.78 is 15.3. The quantitative estimate of drug-likeness (QED) is 0.393. The van der Waals surface area contributed by atoms with Crippen LogP contribution in [0.2, 0.25) is 0 Å². The molecule has 0 saturated heterocycles. The van der Waals surface area contributed by atoms with Crippen molar-refractivity contribution in [2.24, 2.45) is 0 Å². The molecule has 0 aliphatic rings. The maximum atomic E-state index is 13.7. The summed E-state index contributed by atoms with van der Waals surface area (Å²) in [5.41, 5.74) is 2.30. The van der Waals surface area contributed by atoms with E-state index in [1.54, 1.807) is 22.3 Å². The standard InChI is InChI=1S/C23H16FN5S/c24-17-6-4-5-16(13-17)21-14-22(28-23-25-15-26-29(21)23)27-18-9-11-20(12-10-18)30-19-7-2-1-3-8-19/h1-15H,(H,25,26,27,28). The molecule has 146 valence electrons. The number of nitrogens with zero attached hydrogens (tertiary/aromatic N) is 4. The van der Waals surface area contributed by atoms with Gasteiger partial charge in [-0.25, -0.2) is 4.39 Å². The van der Waals surface area contributed by atoms with E-state index in [2.05, 4.69) is 44.6 Å². The monoisotopic (exact) mass is 413 g/mol. The van der Waals surface area contributed by atoms with Gasteiger partial charge in [0, 0.05) is 27.1 Å². The highest BCUT2D eigenvalue weighted by Crippen LogP contribution is 2.29. The molecule has 0 unspecified atom stereocenters. The van der Waals surface area contributed by atoms with Crippen molar-refractivity contribution in [3.8, 4) is 11.3 Å². The van der Waals surface area contributed by atoms with Crippen molar-refractivity contribution in [3.63, 3.8) is 0 Å². The Morgan fingerprint density at radius 2 is 1.63 bits per heavy atom. The molecule has 3 aromatic carbocycles. The average molecular weight is 413 g/mol. The Kier molecular flexibility index (Phi) is 4.86. The number of hydrogen-bond acceptors (Lipinski definition) is 5. The zero-order chi connectivity index (χ0) is 20.3. The minimum atomic E-state index is -0.307. The third kappa shape index (κ3) is 3.88. The van der Waals surface area contributed by atoms with Crippen LogP contribution in [0.4, 0.5) is 15.9 Å². The van der Waals surface area contributed by atoms with Gasteiger partial charge < -0.3 is 5.32 Å². The van der Waals surface area contributed by atoms with Gasteiger partial charge in [-0.05, 0) is 48.5 Å². The third-order valence-corrected chi connectivity index (χ3v) is 5.49. The molecule has 0 fully saturated rings. The Hall–Kier alpha value is -3.71. The van der Waals surface area contributed by atoms with E-state index in [0.717, 1.165) is 10.6 Å². The first-order valence-corrected chi connectivity index (χ1v) is 10.1. The fourth-order valence-corrected chi connectivity index (χ4v) is 3.95. The molecule has 0 saturated carbocycles. The fourth-order valence-electron chi connectivity index (χ4n) is 3.11. The van der Waals surface area contributed by atoms with Crippen molar-refractivity contribution in [3.05, 3.63) is 97.1 Å². The van der Waals surface area contributed by atoms with Crippen molar-refractivity contribution in [2.75, 3.05) is 5.32 Å². The van der Waals surface area contributed by atoms with Crippen molar-refractivity contribution in [1.82, 2.24) is 19.6 Å². The number of fused-ring (bicyclic) bond motifs is 1. The van der Waals surface area contributed by atoms with Gasteiger partial charge in [-0.3, -0.25) is 0 Å². The van der Waals surface area contributed by atoms with Gasteiger partial charge in [0.25, 0.3) is 5.78 Å². The SMILES string of the molecule is Fc1cccc(-c2cc(Nc3ccc(Sc4ccccc4)cc3)nc3ncnn23)c1. The molecule has 5 aromatic rings. The average Bonchev–Trinajstić information content (AvgIpc) is 3.24. The van der Waals surface area contributed by atoms with Gasteiger partial charge in [0.2, 0.25) is 0 Å². The Bertz CT molecular complexity index is 1300. The van der Waals surface area contributed by atoms with Crippen LogP contribution in [0.3, 0.4) is 0 Å². The first-order valence-electron chi connectivity index (χ1n) is 9.31. The van der Waals surface area contributed by atoms with E-state index in [1.165, 1.54) is 23.4 Å². The minimum absolute atomic E-state index is 0.307. The third-order valence-electron chi connectivity index (χ3n) is 4.48. The summed E-state index contributed by atoms with van der Waals surface area (Å²) in [6, 6.07) is 26.6. The lowest BCUT2D eigenvalue weighted by Gasteiger charge is -2.10. The summed E-state index contributed by atoms with van der Waals surface area (Å²) in [4.78, 5) is 11.0. The van der Waals surface area contributed by atoms with Crippen molar-refractivity contribution >= 4 is 29.0 Å². The number of anilines is 2. The van der Waals surface area contributed by atoms with Crippen LogP contribution in [-0.2, 0) is 0 Å². The predicted molar refractivity (Wildman–Crippen MR) is 116 cm³/mol. The summed E-state index contributed by atoms with van der Waals surface area (Å²) in [6.45, 7) is 0. The number of rotatable bonds is 5. The highest BCUT2D eigenvalue weighted by atomic mass is 32.2. The van der Waals surface area contributed by atoms with Gasteiger partial charge in [-0.1, -0.05) is 42.1 Å². The fraction of sp³-hybridized carbons (Fsp3) is 0. The van der Waals surface area contributed by atoms with Crippen LogP contribution >= 0.6 is 11.8 Å². The van der Waals surface area contributed by atoms with Gasteiger partial charge in [-0.2, -0.15) is 19.6 Å². The van der Waals surface area contributed by atoms with Crippen LogP contribution in [0.5, 0.6) is 0 Å². The van der Waals surface area contributed by atoms with Crippen LogP contribution in [0.25, 0.3) is 17.0 Å². The molecule has 5 nitrogen and oxygen atoms in total. The second-order valence-electron chi connectivity index (χ2n) is 6.57. The summed E-state index contributed by atoms with van der Waals surface area (Å²) in [5.74, 6) is 0.743. The van der Waals surface area contributed by atoms with Crippen molar-refractivity contribution in [1.29, 1.82) is 0 Å². The normalized spacial score (nSPS) is 11.0. The molecular weight excluding hydrogens is 397 g/mol. The van der Waals surface area contributed by atoms with Crippen molar-refractivity contribution < 1.29 is 4.39 Å². The highest BCUT2D eigenvalue weighted by molar-refractivity contribution is 7.99. The Morgan fingerprint density at radius 1 is 0.833 bits per heavy atom. The molecule has 0 amide bonds. The van der Waals surface area contributed by atoms with E-state index in [1.807, 2.05) is 42.5 Å². The summed E-state index contributed by atoms with van der Waals surface area (Å²) >= 11 is 1.71. The maximum absolute atomic E-state index is 13.7. The molecule has 2 heterocycles. The Morgan fingerprint density at radius 3 is 2.43 bits per heavy atom. The lowest BCUT2D eigenvalue weighted by Crippen LogP contribution is -2.01. The molecular formula is C23H16FN5S. The maximum Gasteiger partial charge on any atom is 0.254 e. The lowest BCUT2D eigenvalue weighted by atomic mass is 10.1. The van der Waals surface area contributed by atoms with E-state index in [-0.39, 0.29) is 5.82 Å². The number of aromatic nitrogens is 4. The Labute approximate surface area is 176 Å². The predicted octanol–water partition coefficient (Wildman–Crippen LogP) is 5.83. The second-order valence-corrected chi connectivity index (χ2v) is 7.72. The van der Waals surface area contributed by atoms with Crippen LogP contribution < -0.4 is 5.32 Å². The van der Waals surface area contributed by atoms with E-state index in [4.69, 9.17) is 0 Å². The first kappa shape index (κ1) is 18.3. The highest BCUT2D eigenvalue weighted by Gasteiger charge is 2.11. The topological polar surface area (TPSA) is 55.1 Å². The molecule has 0 radical (unpaired) electrons. The number of hydrogen-bond donors (Lipinski definition) is 1. The van der Waals surface area contributed by atoms with Gasteiger partial charge in [0.05, 0.1) is 5.69 Å². The van der Waals surface area contributed by atoms with E-state index in [9.17, 15) is 4.39 Å². The number of halogens is 1. The van der Waals surface area contributed by atoms with E-state index < -0.39 is 0 Å². The van der Waals surface area contributed by atoms with Gasteiger partial charge in [-0.15, -0.1) is 0 Å².